The molecule has 2 heteroatoms. The van der Waals surface area contributed by atoms with Gasteiger partial charge in [-0.3, -0.25) is 0 Å². The summed E-state index contributed by atoms with van der Waals surface area (Å²) in [5.74, 6) is 1.63. The maximum absolute atomic E-state index is 9.61. The van der Waals surface area contributed by atoms with Crippen LogP contribution in [0, 0.1) is 20.8 Å². The third kappa shape index (κ3) is 2.39. The average Bonchev–Trinajstić information content (AvgIpc) is 2.36. The minimum Gasteiger partial charge on any atom is -0.496 e. The summed E-state index contributed by atoms with van der Waals surface area (Å²) < 4.78 is 5.48. The minimum absolute atomic E-state index is 0.0815. The fourth-order valence-corrected chi connectivity index (χ4v) is 3.21. The molecule has 0 aliphatic heterocycles. The molecule has 18 heavy (non-hydrogen) atoms. The van der Waals surface area contributed by atoms with Crippen LogP contribution in [0.2, 0.25) is 0 Å². The van der Waals surface area contributed by atoms with Gasteiger partial charge < -0.3 is 9.84 Å². The van der Waals surface area contributed by atoms with Crippen molar-refractivity contribution in [2.24, 2.45) is 0 Å². The molecule has 1 aromatic rings. The molecule has 0 heterocycles. The predicted molar refractivity (Wildman–Crippen MR) is 74.4 cm³/mol. The molecular formula is C16H24O2. The number of ether oxygens (including phenoxy) is 1. The number of benzene rings is 1. The summed E-state index contributed by atoms with van der Waals surface area (Å²) in [6.45, 7) is 6.45. The van der Waals surface area contributed by atoms with Crippen molar-refractivity contribution in [1.29, 1.82) is 0 Å². The van der Waals surface area contributed by atoms with Gasteiger partial charge in [0.1, 0.15) is 5.75 Å². The van der Waals surface area contributed by atoms with E-state index in [1.165, 1.54) is 22.3 Å². The molecule has 0 bridgehead atoms. The van der Waals surface area contributed by atoms with E-state index in [-0.39, 0.29) is 6.10 Å². The number of hydrogen-bond acceptors (Lipinski definition) is 2. The smallest absolute Gasteiger partial charge is 0.124 e. The molecule has 0 atom stereocenters. The quantitative estimate of drug-likeness (QED) is 0.866. The Balaban J connectivity index is 2.34. The van der Waals surface area contributed by atoms with Gasteiger partial charge >= 0.3 is 0 Å². The second-order valence-electron chi connectivity index (χ2n) is 5.57. The van der Waals surface area contributed by atoms with Crippen LogP contribution in [0.4, 0.5) is 0 Å². The zero-order valence-corrected chi connectivity index (χ0v) is 11.9. The van der Waals surface area contributed by atoms with Gasteiger partial charge in [0.25, 0.3) is 0 Å². The Morgan fingerprint density at radius 3 is 2.22 bits per heavy atom. The molecule has 100 valence electrons. The van der Waals surface area contributed by atoms with E-state index >= 15 is 0 Å². The first kappa shape index (κ1) is 13.4. The van der Waals surface area contributed by atoms with Crippen molar-refractivity contribution in [3.8, 4) is 5.75 Å². The third-order valence-electron chi connectivity index (χ3n) is 4.41. The summed E-state index contributed by atoms with van der Waals surface area (Å²) >= 11 is 0. The second-order valence-corrected chi connectivity index (χ2v) is 5.57. The average molecular weight is 248 g/mol. The number of methoxy groups -OCH3 is 1. The van der Waals surface area contributed by atoms with Crippen LogP contribution < -0.4 is 4.74 Å². The van der Waals surface area contributed by atoms with Crippen molar-refractivity contribution in [1.82, 2.24) is 0 Å². The van der Waals surface area contributed by atoms with Gasteiger partial charge in [-0.15, -0.1) is 0 Å². The Hall–Kier alpha value is -1.02. The highest BCUT2D eigenvalue weighted by Gasteiger charge is 2.23. The zero-order valence-electron chi connectivity index (χ0n) is 11.9. The molecule has 1 aliphatic rings. The van der Waals surface area contributed by atoms with Gasteiger partial charge in [0.15, 0.2) is 0 Å². The van der Waals surface area contributed by atoms with Crippen LogP contribution in [-0.4, -0.2) is 18.3 Å². The lowest BCUT2D eigenvalue weighted by Gasteiger charge is -2.28. The zero-order chi connectivity index (χ0) is 13.3. The summed E-state index contributed by atoms with van der Waals surface area (Å²) in [6.07, 6.45) is 4.00. The topological polar surface area (TPSA) is 29.5 Å². The second kappa shape index (κ2) is 5.31. The molecule has 2 rings (SSSR count). The van der Waals surface area contributed by atoms with Crippen LogP contribution in [0.5, 0.6) is 5.75 Å². The van der Waals surface area contributed by atoms with E-state index < -0.39 is 0 Å². The van der Waals surface area contributed by atoms with E-state index in [1.807, 2.05) is 0 Å². The third-order valence-corrected chi connectivity index (χ3v) is 4.41. The van der Waals surface area contributed by atoms with Crippen molar-refractivity contribution in [3.63, 3.8) is 0 Å². The molecule has 0 unspecified atom stereocenters. The van der Waals surface area contributed by atoms with Crippen LogP contribution in [0.25, 0.3) is 0 Å². The molecular weight excluding hydrogens is 224 g/mol. The van der Waals surface area contributed by atoms with Gasteiger partial charge in [-0.1, -0.05) is 6.07 Å². The van der Waals surface area contributed by atoms with Crippen LogP contribution in [0.3, 0.4) is 0 Å². The molecule has 2 nitrogen and oxygen atoms in total. The van der Waals surface area contributed by atoms with E-state index in [4.69, 9.17) is 4.74 Å². The highest BCUT2D eigenvalue weighted by atomic mass is 16.5. The lowest BCUT2D eigenvalue weighted by molar-refractivity contribution is 0.122. The molecule has 1 aliphatic carbocycles. The Kier molecular flexibility index (Phi) is 3.96. The van der Waals surface area contributed by atoms with E-state index in [2.05, 4.69) is 26.8 Å². The number of hydrogen-bond donors (Lipinski definition) is 1. The fraction of sp³-hybridized carbons (Fsp3) is 0.625. The molecule has 0 aromatic heterocycles. The fourth-order valence-electron chi connectivity index (χ4n) is 3.21. The number of aliphatic hydroxyl groups excluding tert-OH is 1. The first-order chi connectivity index (χ1) is 8.54. The monoisotopic (exact) mass is 248 g/mol. The first-order valence-electron chi connectivity index (χ1n) is 6.87. The first-order valence-corrected chi connectivity index (χ1v) is 6.87. The molecule has 1 fully saturated rings. The van der Waals surface area contributed by atoms with Crippen molar-refractivity contribution >= 4 is 0 Å². The van der Waals surface area contributed by atoms with Gasteiger partial charge in [-0.2, -0.15) is 0 Å². The van der Waals surface area contributed by atoms with Crippen LogP contribution in [0.15, 0.2) is 6.07 Å². The van der Waals surface area contributed by atoms with Crippen molar-refractivity contribution in [2.75, 3.05) is 7.11 Å². The summed E-state index contributed by atoms with van der Waals surface area (Å²) in [5, 5.41) is 9.61. The van der Waals surface area contributed by atoms with Gasteiger partial charge in [0, 0.05) is 0 Å². The molecule has 0 amide bonds. The molecule has 0 radical (unpaired) electrons. The van der Waals surface area contributed by atoms with Crippen molar-refractivity contribution in [3.05, 3.63) is 28.3 Å². The lowest BCUT2D eigenvalue weighted by atomic mass is 9.79. The van der Waals surface area contributed by atoms with E-state index in [0.717, 1.165) is 31.4 Å². The van der Waals surface area contributed by atoms with E-state index in [1.54, 1.807) is 7.11 Å². The Morgan fingerprint density at radius 2 is 1.67 bits per heavy atom. The predicted octanol–water partition coefficient (Wildman–Crippen LogP) is 3.64. The summed E-state index contributed by atoms with van der Waals surface area (Å²) in [4.78, 5) is 0. The molecule has 1 saturated carbocycles. The number of aryl methyl sites for hydroxylation is 1. The van der Waals surface area contributed by atoms with Crippen molar-refractivity contribution < 1.29 is 9.84 Å². The summed E-state index contributed by atoms with van der Waals surface area (Å²) in [6, 6.07) is 2.28. The van der Waals surface area contributed by atoms with Gasteiger partial charge in [0.2, 0.25) is 0 Å². The van der Waals surface area contributed by atoms with Gasteiger partial charge in [-0.05, 0) is 74.6 Å². The minimum atomic E-state index is -0.0815. The summed E-state index contributed by atoms with van der Waals surface area (Å²) in [7, 11) is 1.74. The largest absolute Gasteiger partial charge is 0.496 e. The highest BCUT2D eigenvalue weighted by molar-refractivity contribution is 5.50. The highest BCUT2D eigenvalue weighted by Crippen LogP contribution is 2.38. The normalized spacial score (nSPS) is 24.1. The van der Waals surface area contributed by atoms with Gasteiger partial charge in [0.05, 0.1) is 13.2 Å². The molecule has 0 saturated heterocycles. The number of rotatable bonds is 2. The van der Waals surface area contributed by atoms with Crippen LogP contribution in [0.1, 0.15) is 53.9 Å². The Labute approximate surface area is 110 Å². The SMILES string of the molecule is COc1c(C)cc(C2CCC(O)CC2)c(C)c1C. The van der Waals surface area contributed by atoms with Gasteiger partial charge in [-0.25, -0.2) is 0 Å². The number of aliphatic hydroxyl groups is 1. The Morgan fingerprint density at radius 1 is 1.06 bits per heavy atom. The van der Waals surface area contributed by atoms with E-state index in [9.17, 15) is 5.11 Å². The summed E-state index contributed by atoms with van der Waals surface area (Å²) in [5.41, 5.74) is 5.30. The maximum Gasteiger partial charge on any atom is 0.124 e. The van der Waals surface area contributed by atoms with Crippen LogP contribution >= 0.6 is 0 Å². The molecule has 0 spiro atoms. The molecule has 1 N–H and O–H groups in total. The van der Waals surface area contributed by atoms with E-state index in [0.29, 0.717) is 5.92 Å². The van der Waals surface area contributed by atoms with Crippen molar-refractivity contribution in [2.45, 2.75) is 58.5 Å². The lowest BCUT2D eigenvalue weighted by Crippen LogP contribution is -2.18. The Bertz CT molecular complexity index is 429. The van der Waals surface area contributed by atoms with Crippen LogP contribution in [-0.2, 0) is 0 Å². The molecule has 1 aromatic carbocycles. The maximum atomic E-state index is 9.61. The standard InChI is InChI=1S/C16H24O2/c1-10-9-15(11(2)12(3)16(10)18-4)13-5-7-14(17)8-6-13/h9,13-14,17H,5-8H2,1-4H3.